The number of fused-ring (bicyclic) bond motifs is 2. The maximum Gasteiger partial charge on any atom is 0.0406 e. The highest BCUT2D eigenvalue weighted by Crippen LogP contribution is 2.57. The maximum atomic E-state index is 5.95. The molecule has 2 aliphatic carbocycles. The highest BCUT2D eigenvalue weighted by molar-refractivity contribution is 9.09. The maximum absolute atomic E-state index is 5.95. The average Bonchev–Trinajstić information content (AvgIpc) is 2.93. The Bertz CT molecular complexity index is 400. The normalized spacial score (nSPS) is 35.4. The molecule has 0 heterocycles. The van der Waals surface area contributed by atoms with Crippen molar-refractivity contribution < 1.29 is 0 Å². The molecule has 1 aromatic rings. The van der Waals surface area contributed by atoms with Crippen LogP contribution in [0.3, 0.4) is 0 Å². The second-order valence-corrected chi connectivity index (χ2v) is 6.88. The molecule has 0 amide bonds. The van der Waals surface area contributed by atoms with Gasteiger partial charge in [0.2, 0.25) is 0 Å². The molecule has 2 aliphatic rings. The number of hydrogen-bond donors (Lipinski definition) is 0. The Kier molecular flexibility index (Phi) is 3.25. The molecule has 2 saturated carbocycles. The van der Waals surface area contributed by atoms with Gasteiger partial charge in [-0.25, -0.2) is 0 Å². The van der Waals surface area contributed by atoms with Gasteiger partial charge in [0.1, 0.15) is 0 Å². The molecule has 2 fully saturated rings. The van der Waals surface area contributed by atoms with Gasteiger partial charge in [0.05, 0.1) is 0 Å². The number of halogens is 2. The molecule has 17 heavy (non-hydrogen) atoms. The highest BCUT2D eigenvalue weighted by atomic mass is 79.9. The summed E-state index contributed by atoms with van der Waals surface area (Å²) in [6.07, 6.45) is 7.03. The first-order valence-corrected chi connectivity index (χ1v) is 8.02. The molecular weight excluding hydrogens is 296 g/mol. The molecule has 3 unspecified atom stereocenters. The number of benzene rings is 1. The third kappa shape index (κ3) is 2.17. The molecule has 3 atom stereocenters. The van der Waals surface area contributed by atoms with Crippen molar-refractivity contribution in [3.8, 4) is 0 Å². The molecule has 0 spiro atoms. The zero-order chi connectivity index (χ0) is 11.9. The lowest BCUT2D eigenvalue weighted by Gasteiger charge is -2.36. The SMILES string of the molecule is Clc1ccc(CC2(CBr)CC3CCC2C3)cc1. The summed E-state index contributed by atoms with van der Waals surface area (Å²) in [5, 5.41) is 2.00. The van der Waals surface area contributed by atoms with Gasteiger partial charge in [-0.05, 0) is 60.6 Å². The van der Waals surface area contributed by atoms with E-state index in [1.54, 1.807) is 0 Å². The summed E-state index contributed by atoms with van der Waals surface area (Å²) in [6, 6.07) is 8.43. The molecule has 0 N–H and O–H groups in total. The van der Waals surface area contributed by atoms with Gasteiger partial charge in [-0.1, -0.05) is 46.1 Å². The van der Waals surface area contributed by atoms with Crippen molar-refractivity contribution in [2.24, 2.45) is 17.3 Å². The molecule has 2 bridgehead atoms. The van der Waals surface area contributed by atoms with Crippen LogP contribution in [0.5, 0.6) is 0 Å². The van der Waals surface area contributed by atoms with E-state index in [2.05, 4.69) is 28.1 Å². The Morgan fingerprint density at radius 3 is 2.53 bits per heavy atom. The first-order chi connectivity index (χ1) is 8.22. The highest BCUT2D eigenvalue weighted by Gasteiger charge is 2.49. The lowest BCUT2D eigenvalue weighted by molar-refractivity contribution is 0.197. The Morgan fingerprint density at radius 1 is 1.24 bits per heavy atom. The first-order valence-electron chi connectivity index (χ1n) is 6.52. The summed E-state index contributed by atoms with van der Waals surface area (Å²) in [4.78, 5) is 0. The fourth-order valence-corrected chi connectivity index (χ4v) is 5.01. The summed E-state index contributed by atoms with van der Waals surface area (Å²) in [7, 11) is 0. The Hall–Kier alpha value is -0.0100. The number of rotatable bonds is 3. The van der Waals surface area contributed by atoms with E-state index in [4.69, 9.17) is 11.6 Å². The molecule has 0 aliphatic heterocycles. The Morgan fingerprint density at radius 2 is 2.00 bits per heavy atom. The summed E-state index contributed by atoms with van der Waals surface area (Å²) in [5.74, 6) is 1.95. The van der Waals surface area contributed by atoms with Gasteiger partial charge in [0, 0.05) is 10.4 Å². The summed E-state index contributed by atoms with van der Waals surface area (Å²) < 4.78 is 0. The molecular formula is C15H18BrCl. The molecule has 0 nitrogen and oxygen atoms in total. The van der Waals surface area contributed by atoms with E-state index < -0.39 is 0 Å². The predicted molar refractivity (Wildman–Crippen MR) is 76.8 cm³/mol. The van der Waals surface area contributed by atoms with Crippen LogP contribution in [0.15, 0.2) is 24.3 Å². The van der Waals surface area contributed by atoms with Crippen LogP contribution in [0.4, 0.5) is 0 Å². The van der Waals surface area contributed by atoms with E-state index in [-0.39, 0.29) is 0 Å². The number of hydrogen-bond acceptors (Lipinski definition) is 0. The summed E-state index contributed by atoms with van der Waals surface area (Å²) in [6.45, 7) is 0. The average molecular weight is 314 g/mol. The fraction of sp³-hybridized carbons (Fsp3) is 0.600. The van der Waals surface area contributed by atoms with Crippen molar-refractivity contribution >= 4 is 27.5 Å². The third-order valence-electron chi connectivity index (χ3n) is 4.84. The van der Waals surface area contributed by atoms with Gasteiger partial charge in [-0.3, -0.25) is 0 Å². The topological polar surface area (TPSA) is 0 Å². The van der Waals surface area contributed by atoms with E-state index in [0.717, 1.165) is 22.2 Å². The molecule has 92 valence electrons. The lowest BCUT2D eigenvalue weighted by atomic mass is 9.71. The second-order valence-electron chi connectivity index (χ2n) is 5.88. The minimum absolute atomic E-state index is 0.525. The van der Waals surface area contributed by atoms with Crippen LogP contribution in [0, 0.1) is 17.3 Å². The fourth-order valence-electron chi connectivity index (χ4n) is 3.99. The first kappa shape index (κ1) is 12.0. The Balaban J connectivity index is 1.80. The summed E-state index contributed by atoms with van der Waals surface area (Å²) >= 11 is 9.73. The van der Waals surface area contributed by atoms with Crippen molar-refractivity contribution in [1.29, 1.82) is 0 Å². The van der Waals surface area contributed by atoms with Crippen molar-refractivity contribution in [3.05, 3.63) is 34.9 Å². The van der Waals surface area contributed by atoms with Crippen molar-refractivity contribution in [2.45, 2.75) is 32.1 Å². The van der Waals surface area contributed by atoms with E-state index in [1.807, 2.05) is 12.1 Å². The van der Waals surface area contributed by atoms with Crippen molar-refractivity contribution in [3.63, 3.8) is 0 Å². The van der Waals surface area contributed by atoms with E-state index in [9.17, 15) is 0 Å². The molecule has 1 aromatic carbocycles. The summed E-state index contributed by atoms with van der Waals surface area (Å²) in [5.41, 5.74) is 1.97. The second kappa shape index (κ2) is 4.59. The quantitative estimate of drug-likeness (QED) is 0.682. The molecule has 0 aromatic heterocycles. The van der Waals surface area contributed by atoms with Crippen LogP contribution < -0.4 is 0 Å². The van der Waals surface area contributed by atoms with Gasteiger partial charge in [0.15, 0.2) is 0 Å². The van der Waals surface area contributed by atoms with Crippen LogP contribution in [0.2, 0.25) is 5.02 Å². The largest absolute Gasteiger partial charge is 0.0922 e. The molecule has 3 rings (SSSR count). The van der Waals surface area contributed by atoms with Crippen molar-refractivity contribution in [2.75, 3.05) is 5.33 Å². The third-order valence-corrected chi connectivity index (χ3v) is 6.21. The predicted octanol–water partition coefficient (Wildman–Crippen LogP) is 5.08. The minimum atomic E-state index is 0.525. The standard InChI is InChI=1S/C15H18BrCl/c16-10-15(9-12-1-4-13(15)7-12)8-11-2-5-14(17)6-3-11/h2-3,5-6,12-13H,1,4,7-10H2. The lowest BCUT2D eigenvalue weighted by Crippen LogP contribution is -2.32. The number of alkyl halides is 1. The smallest absolute Gasteiger partial charge is 0.0406 e. The van der Waals surface area contributed by atoms with E-state index >= 15 is 0 Å². The molecule has 0 radical (unpaired) electrons. The van der Waals surface area contributed by atoms with Gasteiger partial charge in [-0.2, -0.15) is 0 Å². The molecule has 0 saturated heterocycles. The van der Waals surface area contributed by atoms with Gasteiger partial charge in [0.25, 0.3) is 0 Å². The zero-order valence-electron chi connectivity index (χ0n) is 9.96. The van der Waals surface area contributed by atoms with Crippen LogP contribution in [-0.4, -0.2) is 5.33 Å². The van der Waals surface area contributed by atoms with Crippen LogP contribution in [-0.2, 0) is 6.42 Å². The van der Waals surface area contributed by atoms with E-state index in [1.165, 1.54) is 37.7 Å². The van der Waals surface area contributed by atoms with Crippen molar-refractivity contribution in [1.82, 2.24) is 0 Å². The Labute approximate surface area is 117 Å². The van der Waals surface area contributed by atoms with Gasteiger partial charge < -0.3 is 0 Å². The molecule has 2 heteroatoms. The monoisotopic (exact) mass is 312 g/mol. The minimum Gasteiger partial charge on any atom is -0.0922 e. The van der Waals surface area contributed by atoms with E-state index in [0.29, 0.717) is 5.41 Å². The van der Waals surface area contributed by atoms with Gasteiger partial charge in [-0.15, -0.1) is 0 Å². The van der Waals surface area contributed by atoms with Crippen LogP contribution >= 0.6 is 27.5 Å². The van der Waals surface area contributed by atoms with Crippen LogP contribution in [0.25, 0.3) is 0 Å². The zero-order valence-corrected chi connectivity index (χ0v) is 12.3. The van der Waals surface area contributed by atoms with Crippen LogP contribution in [0.1, 0.15) is 31.2 Å². The van der Waals surface area contributed by atoms with Gasteiger partial charge >= 0.3 is 0 Å².